The molecular weight excluding hydrogens is 196 g/mol. The van der Waals surface area contributed by atoms with E-state index in [1.807, 2.05) is 6.92 Å². The first-order chi connectivity index (χ1) is 7.13. The van der Waals surface area contributed by atoms with Gasteiger partial charge in [0, 0.05) is 11.5 Å². The van der Waals surface area contributed by atoms with Crippen LogP contribution in [-0.2, 0) is 6.42 Å². The van der Waals surface area contributed by atoms with Crippen molar-refractivity contribution in [2.75, 3.05) is 0 Å². The predicted molar refractivity (Wildman–Crippen MR) is 55.2 cm³/mol. The molecule has 4 nitrogen and oxygen atoms in total. The van der Waals surface area contributed by atoms with E-state index in [0.29, 0.717) is 11.8 Å². The third-order valence-electron chi connectivity index (χ3n) is 2.33. The fraction of sp³-hybridized carbons (Fsp3) is 0.182. The lowest BCUT2D eigenvalue weighted by Gasteiger charge is -2.04. The molecule has 0 spiro atoms. The first-order valence-electron chi connectivity index (χ1n) is 4.61. The van der Waals surface area contributed by atoms with Gasteiger partial charge in [-0.25, -0.2) is 4.79 Å². The average Bonchev–Trinajstić information content (AvgIpc) is 2.23. The third kappa shape index (κ3) is 1.44. The Morgan fingerprint density at radius 3 is 2.73 bits per heavy atom. The molecule has 2 rings (SSSR count). The lowest BCUT2D eigenvalue weighted by Crippen LogP contribution is -1.99. The monoisotopic (exact) mass is 206 g/mol. The van der Waals surface area contributed by atoms with E-state index in [4.69, 9.17) is 4.42 Å². The van der Waals surface area contributed by atoms with Gasteiger partial charge in [-0.3, -0.25) is 0 Å². The SMILES string of the molecule is CCc1cc(=O)oc2c(O)c(O)ccc12. The predicted octanol–water partition coefficient (Wildman–Crippen LogP) is 1.77. The van der Waals surface area contributed by atoms with Gasteiger partial charge < -0.3 is 14.6 Å². The minimum absolute atomic E-state index is 0.0411. The summed E-state index contributed by atoms with van der Waals surface area (Å²) in [7, 11) is 0. The highest BCUT2D eigenvalue weighted by Gasteiger charge is 2.11. The number of hydrogen-bond donors (Lipinski definition) is 2. The Bertz CT molecular complexity index is 569. The minimum atomic E-state index is -0.528. The normalized spacial score (nSPS) is 10.7. The molecule has 0 aliphatic carbocycles. The minimum Gasteiger partial charge on any atom is -0.504 e. The number of benzene rings is 1. The molecule has 4 heteroatoms. The van der Waals surface area contributed by atoms with Crippen LogP contribution in [0.3, 0.4) is 0 Å². The van der Waals surface area contributed by atoms with Crippen LogP contribution < -0.4 is 5.63 Å². The van der Waals surface area contributed by atoms with Gasteiger partial charge in [-0.15, -0.1) is 0 Å². The van der Waals surface area contributed by atoms with Gasteiger partial charge in [0.1, 0.15) is 0 Å². The number of rotatable bonds is 1. The zero-order valence-electron chi connectivity index (χ0n) is 8.15. The first-order valence-corrected chi connectivity index (χ1v) is 4.61. The van der Waals surface area contributed by atoms with Crippen LogP contribution in [-0.4, -0.2) is 10.2 Å². The van der Waals surface area contributed by atoms with E-state index >= 15 is 0 Å². The summed E-state index contributed by atoms with van der Waals surface area (Å²) in [4.78, 5) is 11.2. The number of fused-ring (bicyclic) bond motifs is 1. The molecule has 0 fully saturated rings. The van der Waals surface area contributed by atoms with E-state index in [0.717, 1.165) is 5.56 Å². The van der Waals surface area contributed by atoms with Crippen LogP contribution in [0.15, 0.2) is 27.4 Å². The first kappa shape index (κ1) is 9.58. The molecule has 0 aliphatic rings. The summed E-state index contributed by atoms with van der Waals surface area (Å²) in [6, 6.07) is 4.38. The van der Waals surface area contributed by atoms with E-state index < -0.39 is 5.63 Å². The van der Waals surface area contributed by atoms with Gasteiger partial charge in [-0.2, -0.15) is 0 Å². The Morgan fingerprint density at radius 1 is 1.33 bits per heavy atom. The highest BCUT2D eigenvalue weighted by molar-refractivity contribution is 5.87. The van der Waals surface area contributed by atoms with Crippen LogP contribution in [0.25, 0.3) is 11.0 Å². The highest BCUT2D eigenvalue weighted by Crippen LogP contribution is 2.33. The fourth-order valence-electron chi connectivity index (χ4n) is 1.56. The largest absolute Gasteiger partial charge is 0.504 e. The number of phenols is 2. The van der Waals surface area contributed by atoms with Crippen molar-refractivity contribution in [1.29, 1.82) is 0 Å². The van der Waals surface area contributed by atoms with Gasteiger partial charge >= 0.3 is 5.63 Å². The van der Waals surface area contributed by atoms with Crippen LogP contribution in [0.5, 0.6) is 11.5 Å². The second-order valence-electron chi connectivity index (χ2n) is 3.25. The molecule has 78 valence electrons. The third-order valence-corrected chi connectivity index (χ3v) is 2.33. The van der Waals surface area contributed by atoms with E-state index in [-0.39, 0.29) is 17.1 Å². The quantitative estimate of drug-likeness (QED) is 0.551. The lowest BCUT2D eigenvalue weighted by atomic mass is 10.1. The molecule has 0 atom stereocenters. The van der Waals surface area contributed by atoms with Crippen LogP contribution in [0.2, 0.25) is 0 Å². The molecule has 1 aromatic carbocycles. The van der Waals surface area contributed by atoms with Gasteiger partial charge in [0.2, 0.25) is 5.75 Å². The molecule has 15 heavy (non-hydrogen) atoms. The zero-order valence-corrected chi connectivity index (χ0v) is 8.15. The summed E-state index contributed by atoms with van der Waals surface area (Å²) < 4.78 is 4.85. The summed E-state index contributed by atoms with van der Waals surface area (Å²) in [5.74, 6) is -0.682. The van der Waals surface area contributed by atoms with E-state index in [9.17, 15) is 15.0 Å². The van der Waals surface area contributed by atoms with Crippen molar-refractivity contribution >= 4 is 11.0 Å². The van der Waals surface area contributed by atoms with Crippen molar-refractivity contribution in [2.45, 2.75) is 13.3 Å². The summed E-state index contributed by atoms with van der Waals surface area (Å²) in [5, 5.41) is 19.4. The molecule has 2 N–H and O–H groups in total. The van der Waals surface area contributed by atoms with E-state index in [1.54, 1.807) is 6.07 Å². The zero-order chi connectivity index (χ0) is 11.0. The maximum Gasteiger partial charge on any atom is 0.336 e. The Morgan fingerprint density at radius 2 is 2.07 bits per heavy atom. The van der Waals surface area contributed by atoms with Gasteiger partial charge in [0.15, 0.2) is 11.3 Å². The number of phenolic OH excluding ortho intramolecular Hbond substituents is 2. The highest BCUT2D eigenvalue weighted by atomic mass is 16.4. The van der Waals surface area contributed by atoms with Gasteiger partial charge in [0.05, 0.1) is 0 Å². The molecular formula is C11H10O4. The van der Waals surface area contributed by atoms with Crippen molar-refractivity contribution < 1.29 is 14.6 Å². The average molecular weight is 206 g/mol. The Hall–Kier alpha value is -1.97. The van der Waals surface area contributed by atoms with Crippen LogP contribution >= 0.6 is 0 Å². The summed E-state index contributed by atoms with van der Waals surface area (Å²) >= 11 is 0. The topological polar surface area (TPSA) is 70.7 Å². The summed E-state index contributed by atoms with van der Waals surface area (Å²) in [6.07, 6.45) is 0.659. The Labute approximate surface area is 85.4 Å². The molecule has 1 aromatic heterocycles. The maximum absolute atomic E-state index is 11.2. The fourth-order valence-corrected chi connectivity index (χ4v) is 1.56. The van der Waals surface area contributed by atoms with Crippen molar-refractivity contribution in [3.05, 3.63) is 34.2 Å². The van der Waals surface area contributed by atoms with E-state index in [2.05, 4.69) is 0 Å². The van der Waals surface area contributed by atoms with Gasteiger partial charge in [-0.1, -0.05) is 6.92 Å². The standard InChI is InChI=1S/C11H10O4/c1-2-6-5-9(13)15-11-7(6)3-4-8(12)10(11)14/h3-5,12,14H,2H2,1H3. The molecule has 0 amide bonds. The molecule has 0 bridgehead atoms. The van der Waals surface area contributed by atoms with Crippen molar-refractivity contribution in [2.24, 2.45) is 0 Å². The lowest BCUT2D eigenvalue weighted by molar-refractivity contribution is 0.397. The maximum atomic E-state index is 11.2. The Balaban J connectivity index is 2.96. The van der Waals surface area contributed by atoms with Crippen LogP contribution in [0.1, 0.15) is 12.5 Å². The molecule has 0 unspecified atom stereocenters. The Kier molecular flexibility index (Phi) is 2.11. The molecule has 2 aromatic rings. The van der Waals surface area contributed by atoms with Gasteiger partial charge in [-0.05, 0) is 24.1 Å². The summed E-state index contributed by atoms with van der Waals surface area (Å²) in [5.41, 5.74) is 0.302. The van der Waals surface area contributed by atoms with Crippen LogP contribution in [0, 0.1) is 0 Å². The smallest absolute Gasteiger partial charge is 0.336 e. The summed E-state index contributed by atoms with van der Waals surface area (Å²) in [6.45, 7) is 1.90. The molecule has 0 aliphatic heterocycles. The second kappa shape index (κ2) is 3.31. The molecule has 0 saturated heterocycles. The molecule has 1 heterocycles. The van der Waals surface area contributed by atoms with E-state index in [1.165, 1.54) is 12.1 Å². The van der Waals surface area contributed by atoms with Gasteiger partial charge in [0.25, 0.3) is 0 Å². The number of aromatic hydroxyl groups is 2. The molecule has 0 radical (unpaired) electrons. The number of aryl methyl sites for hydroxylation is 1. The van der Waals surface area contributed by atoms with Crippen molar-refractivity contribution in [3.8, 4) is 11.5 Å². The van der Waals surface area contributed by atoms with Crippen LogP contribution in [0.4, 0.5) is 0 Å². The molecule has 0 saturated carbocycles. The van der Waals surface area contributed by atoms with Crippen molar-refractivity contribution in [3.63, 3.8) is 0 Å². The van der Waals surface area contributed by atoms with Crippen molar-refractivity contribution in [1.82, 2.24) is 0 Å². The number of hydrogen-bond acceptors (Lipinski definition) is 4. The second-order valence-corrected chi connectivity index (χ2v) is 3.25.